The topological polar surface area (TPSA) is 71.0 Å². The normalized spacial score (nSPS) is 16.3. The van der Waals surface area contributed by atoms with Crippen LogP contribution >= 0.6 is 11.3 Å². The molecule has 5 rings (SSSR count). The van der Waals surface area contributed by atoms with Gasteiger partial charge in [0.25, 0.3) is 0 Å². The average molecular weight is 434 g/mol. The van der Waals surface area contributed by atoms with Crippen molar-refractivity contribution in [3.05, 3.63) is 58.7 Å². The van der Waals surface area contributed by atoms with Gasteiger partial charge in [-0.2, -0.15) is 5.10 Å². The van der Waals surface area contributed by atoms with E-state index in [2.05, 4.69) is 44.0 Å². The van der Waals surface area contributed by atoms with Crippen molar-refractivity contribution in [1.29, 1.82) is 0 Å². The van der Waals surface area contributed by atoms with Crippen molar-refractivity contribution in [2.75, 3.05) is 24.5 Å². The molecule has 1 fully saturated rings. The quantitative estimate of drug-likeness (QED) is 0.642. The van der Waals surface area contributed by atoms with E-state index in [1.165, 1.54) is 12.0 Å². The number of rotatable bonds is 6. The molecule has 1 amide bonds. The highest BCUT2D eigenvalue weighted by Crippen LogP contribution is 2.26. The van der Waals surface area contributed by atoms with Gasteiger partial charge in [0, 0.05) is 42.9 Å². The van der Waals surface area contributed by atoms with Crippen LogP contribution in [-0.4, -0.2) is 40.7 Å². The number of carbonyl (C=O) groups excluding carboxylic acids is 1. The number of benzene rings is 1. The minimum atomic E-state index is 0.0777. The van der Waals surface area contributed by atoms with Crippen LogP contribution in [0.25, 0.3) is 10.6 Å². The molecular formula is C24H27N5OS. The minimum Gasteiger partial charge on any atom is -0.355 e. The van der Waals surface area contributed by atoms with E-state index in [0.717, 1.165) is 73.0 Å². The third-order valence-corrected chi connectivity index (χ3v) is 7.19. The van der Waals surface area contributed by atoms with Gasteiger partial charge >= 0.3 is 0 Å². The first kappa shape index (κ1) is 20.1. The van der Waals surface area contributed by atoms with Crippen LogP contribution in [0.4, 0.5) is 5.82 Å². The predicted molar refractivity (Wildman–Crippen MR) is 123 cm³/mol. The third kappa shape index (κ3) is 4.61. The van der Waals surface area contributed by atoms with E-state index in [1.54, 1.807) is 11.3 Å². The van der Waals surface area contributed by atoms with Crippen LogP contribution in [0.5, 0.6) is 0 Å². The van der Waals surface area contributed by atoms with Crippen molar-refractivity contribution in [3.8, 4) is 10.6 Å². The molecule has 1 N–H and O–H groups in total. The molecule has 6 nitrogen and oxygen atoms in total. The van der Waals surface area contributed by atoms with E-state index in [9.17, 15) is 4.79 Å². The first-order chi connectivity index (χ1) is 15.3. The second kappa shape index (κ2) is 9.14. The molecule has 160 valence electrons. The van der Waals surface area contributed by atoms with Crippen LogP contribution in [0, 0.1) is 5.92 Å². The Bertz CT molecular complexity index is 1040. The van der Waals surface area contributed by atoms with Gasteiger partial charge in [-0.05, 0) is 43.7 Å². The molecule has 0 atom stereocenters. The summed E-state index contributed by atoms with van der Waals surface area (Å²) in [6.07, 6.45) is 5.84. The maximum atomic E-state index is 12.6. The molecule has 0 radical (unpaired) electrons. The Morgan fingerprint density at radius 1 is 1.13 bits per heavy atom. The average Bonchev–Trinajstić information content (AvgIpc) is 3.49. The number of anilines is 1. The smallest absolute Gasteiger partial charge is 0.223 e. The molecule has 0 bridgehead atoms. The van der Waals surface area contributed by atoms with Crippen LogP contribution in [0.15, 0.2) is 41.8 Å². The monoisotopic (exact) mass is 433 g/mol. The maximum absolute atomic E-state index is 12.6. The van der Waals surface area contributed by atoms with E-state index < -0.39 is 0 Å². The van der Waals surface area contributed by atoms with Crippen molar-refractivity contribution >= 4 is 23.1 Å². The fraction of sp³-hybridized carbons (Fsp3) is 0.417. The van der Waals surface area contributed by atoms with Crippen LogP contribution in [0.1, 0.15) is 36.2 Å². The molecule has 3 heterocycles. The van der Waals surface area contributed by atoms with Gasteiger partial charge in [0.1, 0.15) is 5.01 Å². The summed E-state index contributed by atoms with van der Waals surface area (Å²) in [4.78, 5) is 19.6. The summed E-state index contributed by atoms with van der Waals surface area (Å²) in [5.41, 5.74) is 4.69. The second-order valence-corrected chi connectivity index (χ2v) is 9.20. The number of fused-ring (bicyclic) bond motifs is 1. The number of nitrogens with zero attached hydrogens (tertiary/aromatic N) is 4. The molecule has 2 aliphatic rings. The van der Waals surface area contributed by atoms with E-state index >= 15 is 0 Å². The summed E-state index contributed by atoms with van der Waals surface area (Å²) in [5, 5.41) is 15.1. The zero-order valence-electron chi connectivity index (χ0n) is 17.6. The standard InChI is InChI=1S/C24H27N5OS/c30-23(25-12-9-20-16-31-24(26-20)18-5-2-1-3-6-18)17-10-13-29(14-11-17)22-15-19-7-4-8-21(19)27-28-22/h1-3,5-6,15-17H,4,7-14H2,(H,25,30). The van der Waals surface area contributed by atoms with Crippen LogP contribution < -0.4 is 10.2 Å². The zero-order valence-corrected chi connectivity index (χ0v) is 18.4. The molecule has 0 spiro atoms. The van der Waals surface area contributed by atoms with E-state index in [0.29, 0.717) is 6.54 Å². The fourth-order valence-electron chi connectivity index (χ4n) is 4.44. The summed E-state index contributed by atoms with van der Waals surface area (Å²) in [7, 11) is 0. The lowest BCUT2D eigenvalue weighted by Gasteiger charge is -2.32. The molecule has 3 aromatic rings. The third-order valence-electron chi connectivity index (χ3n) is 6.25. The number of hydrogen-bond acceptors (Lipinski definition) is 6. The van der Waals surface area contributed by atoms with Gasteiger partial charge < -0.3 is 10.2 Å². The summed E-state index contributed by atoms with van der Waals surface area (Å²) in [6.45, 7) is 2.35. The molecular weight excluding hydrogens is 406 g/mol. The van der Waals surface area contributed by atoms with Gasteiger partial charge in [0.15, 0.2) is 5.82 Å². The van der Waals surface area contributed by atoms with Crippen LogP contribution in [0.3, 0.4) is 0 Å². The fourth-order valence-corrected chi connectivity index (χ4v) is 5.30. The molecule has 0 unspecified atom stereocenters. The summed E-state index contributed by atoms with van der Waals surface area (Å²) < 4.78 is 0. The highest BCUT2D eigenvalue weighted by molar-refractivity contribution is 7.13. The SMILES string of the molecule is O=C(NCCc1csc(-c2ccccc2)n1)C1CCN(c2cc3c(nn2)CCC3)CC1. The lowest BCUT2D eigenvalue weighted by atomic mass is 9.96. The summed E-state index contributed by atoms with van der Waals surface area (Å²) in [6, 6.07) is 12.4. The van der Waals surface area contributed by atoms with Crippen LogP contribution in [0.2, 0.25) is 0 Å². The van der Waals surface area contributed by atoms with Crippen molar-refractivity contribution in [1.82, 2.24) is 20.5 Å². The molecule has 2 aromatic heterocycles. The van der Waals surface area contributed by atoms with Gasteiger partial charge in [0.2, 0.25) is 5.91 Å². The zero-order chi connectivity index (χ0) is 21.0. The maximum Gasteiger partial charge on any atom is 0.223 e. The first-order valence-electron chi connectivity index (χ1n) is 11.1. The highest BCUT2D eigenvalue weighted by Gasteiger charge is 2.26. The van der Waals surface area contributed by atoms with E-state index in [-0.39, 0.29) is 11.8 Å². The van der Waals surface area contributed by atoms with Gasteiger partial charge in [0.05, 0.1) is 11.4 Å². The highest BCUT2D eigenvalue weighted by atomic mass is 32.1. The number of carbonyl (C=O) groups is 1. The van der Waals surface area contributed by atoms with Gasteiger partial charge in [-0.3, -0.25) is 4.79 Å². The lowest BCUT2D eigenvalue weighted by molar-refractivity contribution is -0.125. The number of thiazole rings is 1. The Balaban J connectivity index is 1.08. The number of hydrogen-bond donors (Lipinski definition) is 1. The molecule has 1 saturated heterocycles. The molecule has 31 heavy (non-hydrogen) atoms. The summed E-state index contributed by atoms with van der Waals surface area (Å²) >= 11 is 1.65. The minimum absolute atomic E-state index is 0.0777. The number of aromatic nitrogens is 3. The molecule has 0 saturated carbocycles. The van der Waals surface area contributed by atoms with Gasteiger partial charge in [-0.25, -0.2) is 4.98 Å². The first-order valence-corrected chi connectivity index (χ1v) is 12.0. The van der Waals surface area contributed by atoms with E-state index in [4.69, 9.17) is 4.98 Å². The summed E-state index contributed by atoms with van der Waals surface area (Å²) in [5.74, 6) is 1.21. The molecule has 1 aliphatic heterocycles. The largest absolute Gasteiger partial charge is 0.355 e. The number of aryl methyl sites for hydroxylation is 2. The van der Waals surface area contributed by atoms with Crippen molar-refractivity contribution in [3.63, 3.8) is 0 Å². The van der Waals surface area contributed by atoms with Crippen LogP contribution in [-0.2, 0) is 24.1 Å². The van der Waals surface area contributed by atoms with Crippen molar-refractivity contribution in [2.45, 2.75) is 38.5 Å². The number of nitrogens with one attached hydrogen (secondary N) is 1. The Morgan fingerprint density at radius 3 is 2.81 bits per heavy atom. The van der Waals surface area contributed by atoms with Gasteiger partial charge in [-0.15, -0.1) is 16.4 Å². The van der Waals surface area contributed by atoms with Crippen molar-refractivity contribution < 1.29 is 4.79 Å². The van der Waals surface area contributed by atoms with Crippen molar-refractivity contribution in [2.24, 2.45) is 5.92 Å². The second-order valence-electron chi connectivity index (χ2n) is 8.34. The lowest BCUT2D eigenvalue weighted by Crippen LogP contribution is -2.41. The molecule has 1 aromatic carbocycles. The molecule has 1 aliphatic carbocycles. The number of piperidine rings is 1. The predicted octanol–water partition coefficient (Wildman–Crippen LogP) is 3.66. The molecule has 7 heteroatoms. The Labute approximate surface area is 186 Å². The van der Waals surface area contributed by atoms with Gasteiger partial charge in [-0.1, -0.05) is 30.3 Å². The Kier molecular flexibility index (Phi) is 5.93. The number of amides is 1. The Morgan fingerprint density at radius 2 is 1.97 bits per heavy atom. The van der Waals surface area contributed by atoms with E-state index in [1.807, 2.05) is 18.2 Å². The Hall–Kier alpha value is -2.80.